The van der Waals surface area contributed by atoms with Crippen molar-refractivity contribution >= 4 is 17.5 Å². The van der Waals surface area contributed by atoms with Gasteiger partial charge in [-0.2, -0.15) is 5.10 Å². The molecule has 0 radical (unpaired) electrons. The molecule has 170 valence electrons. The third-order valence-electron chi connectivity index (χ3n) is 5.75. The van der Waals surface area contributed by atoms with Crippen LogP contribution in [0.15, 0.2) is 36.7 Å². The minimum atomic E-state index is -0.511. The number of nitrogens with one attached hydrogen (secondary N) is 3. The maximum Gasteiger partial charge on any atom is 0.411 e. The number of fused-ring (bicyclic) bond motifs is 4. The Kier molecular flexibility index (Phi) is 6.75. The first kappa shape index (κ1) is 21.9. The quantitative estimate of drug-likeness (QED) is 0.473. The van der Waals surface area contributed by atoms with Crippen molar-refractivity contribution in [1.29, 1.82) is 0 Å². The van der Waals surface area contributed by atoms with E-state index in [1.165, 1.54) is 7.11 Å². The number of amides is 1. The molecule has 9 nitrogen and oxygen atoms in total. The molecule has 9 heteroatoms. The molecular weight excluding hydrogens is 406 g/mol. The average molecular weight is 438 g/mol. The molecule has 4 rings (SSSR count). The number of aryl methyl sites for hydroxylation is 1. The first-order valence-corrected chi connectivity index (χ1v) is 11.2. The molecule has 2 atom stereocenters. The van der Waals surface area contributed by atoms with Gasteiger partial charge in [-0.05, 0) is 43.5 Å². The summed E-state index contributed by atoms with van der Waals surface area (Å²) in [6.45, 7) is 3.03. The van der Waals surface area contributed by atoms with E-state index >= 15 is 0 Å². The van der Waals surface area contributed by atoms with E-state index in [-0.39, 0.29) is 12.1 Å². The number of benzene rings is 1. The Bertz CT molecular complexity index is 1060. The first-order valence-electron chi connectivity index (χ1n) is 11.2. The smallest absolute Gasteiger partial charge is 0.411 e. The van der Waals surface area contributed by atoms with Crippen molar-refractivity contribution in [1.82, 2.24) is 19.7 Å². The number of H-pyrrole nitrogens is 1. The van der Waals surface area contributed by atoms with Gasteiger partial charge in [-0.15, -0.1) is 0 Å². The summed E-state index contributed by atoms with van der Waals surface area (Å²) >= 11 is 0. The van der Waals surface area contributed by atoms with Crippen molar-refractivity contribution < 1.29 is 9.53 Å². The second kappa shape index (κ2) is 9.86. The molecule has 1 aliphatic heterocycles. The fourth-order valence-electron chi connectivity index (χ4n) is 4.06. The Balaban J connectivity index is 1.73. The van der Waals surface area contributed by atoms with Gasteiger partial charge < -0.3 is 20.8 Å². The lowest BCUT2D eigenvalue weighted by atomic mass is 10.0. The zero-order chi connectivity index (χ0) is 22.5. The van der Waals surface area contributed by atoms with Crippen LogP contribution in [0, 0.1) is 0 Å². The van der Waals surface area contributed by atoms with E-state index in [1.807, 2.05) is 35.3 Å². The number of hydrogen-bond acceptors (Lipinski definition) is 6. The van der Waals surface area contributed by atoms with Crippen LogP contribution < -0.4 is 16.4 Å². The van der Waals surface area contributed by atoms with Gasteiger partial charge in [-0.25, -0.2) is 9.78 Å². The highest BCUT2D eigenvalue weighted by Crippen LogP contribution is 2.35. The molecule has 5 N–H and O–H groups in total. The lowest BCUT2D eigenvalue weighted by molar-refractivity contribution is 0.187. The predicted molar refractivity (Wildman–Crippen MR) is 124 cm³/mol. The second-order valence-corrected chi connectivity index (χ2v) is 8.15. The molecule has 1 amide bonds. The van der Waals surface area contributed by atoms with Crippen LogP contribution in [-0.2, 0) is 11.3 Å². The standard InChI is InChI=1S/C23H31N7O2/c1-3-11-30-12-10-19(29-30)18-7-5-4-6-17(24)22-25-14-21(28-22)16-9-8-15(13-20(16)27-18)26-23(31)32-2/h8-10,12-14,17-18,27H,3-7,11,24H2,1-2H3,(H,25,28)(H,26,31). The van der Waals surface area contributed by atoms with Crippen LogP contribution in [0.3, 0.4) is 0 Å². The summed E-state index contributed by atoms with van der Waals surface area (Å²) < 4.78 is 6.73. The van der Waals surface area contributed by atoms with E-state index in [0.717, 1.165) is 67.1 Å². The minimum Gasteiger partial charge on any atom is -0.453 e. The van der Waals surface area contributed by atoms with Crippen molar-refractivity contribution in [3.63, 3.8) is 0 Å². The Morgan fingerprint density at radius 1 is 1.31 bits per heavy atom. The summed E-state index contributed by atoms with van der Waals surface area (Å²) in [7, 11) is 1.35. The monoisotopic (exact) mass is 437 g/mol. The summed E-state index contributed by atoms with van der Waals surface area (Å²) in [5, 5.41) is 11.2. The molecule has 3 aromatic rings. The highest BCUT2D eigenvalue weighted by atomic mass is 16.5. The number of carbonyl (C=O) groups is 1. The third-order valence-corrected chi connectivity index (χ3v) is 5.75. The fraction of sp³-hybridized carbons (Fsp3) is 0.435. The number of aromatic nitrogens is 4. The number of anilines is 2. The summed E-state index contributed by atoms with van der Waals surface area (Å²) in [5.41, 5.74) is 10.7. The Hall–Kier alpha value is -3.33. The second-order valence-electron chi connectivity index (χ2n) is 8.15. The van der Waals surface area contributed by atoms with E-state index in [0.29, 0.717) is 5.69 Å². The molecule has 0 spiro atoms. The van der Waals surface area contributed by atoms with Gasteiger partial charge in [0.15, 0.2) is 0 Å². The summed E-state index contributed by atoms with van der Waals surface area (Å²) in [5.74, 6) is 0.790. The van der Waals surface area contributed by atoms with Gasteiger partial charge in [0.1, 0.15) is 5.82 Å². The van der Waals surface area contributed by atoms with Crippen LogP contribution in [0.25, 0.3) is 11.3 Å². The topological polar surface area (TPSA) is 123 Å². The Labute approximate surface area is 187 Å². The van der Waals surface area contributed by atoms with Crippen molar-refractivity contribution in [3.8, 4) is 11.3 Å². The number of methoxy groups -OCH3 is 1. The lowest BCUT2D eigenvalue weighted by Gasteiger charge is -2.22. The maximum absolute atomic E-state index is 11.7. The van der Waals surface area contributed by atoms with E-state index in [2.05, 4.69) is 33.6 Å². The largest absolute Gasteiger partial charge is 0.453 e. The molecule has 32 heavy (non-hydrogen) atoms. The Morgan fingerprint density at radius 2 is 2.16 bits per heavy atom. The number of ether oxygens (including phenoxy) is 1. The number of nitrogens with zero attached hydrogens (tertiary/aromatic N) is 3. The predicted octanol–water partition coefficient (Wildman–Crippen LogP) is 4.59. The molecule has 0 fully saturated rings. The van der Waals surface area contributed by atoms with Crippen LogP contribution in [0.4, 0.5) is 16.2 Å². The van der Waals surface area contributed by atoms with Crippen LogP contribution in [-0.4, -0.2) is 33.0 Å². The van der Waals surface area contributed by atoms with Gasteiger partial charge in [0, 0.05) is 29.7 Å². The molecule has 0 saturated heterocycles. The summed E-state index contributed by atoms with van der Waals surface area (Å²) in [4.78, 5) is 19.6. The van der Waals surface area contributed by atoms with Crippen molar-refractivity contribution in [2.75, 3.05) is 17.7 Å². The van der Waals surface area contributed by atoms with E-state index < -0.39 is 6.09 Å². The van der Waals surface area contributed by atoms with Crippen LogP contribution >= 0.6 is 0 Å². The van der Waals surface area contributed by atoms with Gasteiger partial charge >= 0.3 is 6.09 Å². The van der Waals surface area contributed by atoms with E-state index in [4.69, 9.17) is 15.6 Å². The molecule has 1 aromatic carbocycles. The number of hydrogen-bond donors (Lipinski definition) is 4. The number of nitrogens with two attached hydrogens (primary N) is 1. The van der Waals surface area contributed by atoms with Crippen molar-refractivity contribution in [2.45, 2.75) is 57.7 Å². The normalized spacial score (nSPS) is 18.6. The molecular formula is C23H31N7O2. The Morgan fingerprint density at radius 3 is 2.97 bits per heavy atom. The van der Waals surface area contributed by atoms with Gasteiger partial charge in [-0.3, -0.25) is 10.00 Å². The van der Waals surface area contributed by atoms with Gasteiger partial charge in [0.25, 0.3) is 0 Å². The number of carbonyl (C=O) groups excluding carboxylic acids is 1. The summed E-state index contributed by atoms with van der Waals surface area (Å²) in [6, 6.07) is 7.69. The maximum atomic E-state index is 11.7. The third kappa shape index (κ3) is 4.94. The molecule has 2 bridgehead atoms. The molecule has 2 unspecified atom stereocenters. The fourth-order valence-corrected chi connectivity index (χ4v) is 4.06. The van der Waals surface area contributed by atoms with Crippen molar-refractivity contribution in [2.24, 2.45) is 5.73 Å². The van der Waals surface area contributed by atoms with Crippen molar-refractivity contribution in [3.05, 3.63) is 48.2 Å². The molecule has 1 aliphatic rings. The zero-order valence-corrected chi connectivity index (χ0v) is 18.6. The van der Waals surface area contributed by atoms with Gasteiger partial charge in [0.2, 0.25) is 0 Å². The molecule has 3 heterocycles. The number of aromatic amines is 1. The zero-order valence-electron chi connectivity index (χ0n) is 18.6. The van der Waals surface area contributed by atoms with E-state index in [1.54, 1.807) is 0 Å². The lowest BCUT2D eigenvalue weighted by Crippen LogP contribution is -2.16. The van der Waals surface area contributed by atoms with Gasteiger partial charge in [-0.1, -0.05) is 19.8 Å². The number of imidazole rings is 1. The number of rotatable bonds is 4. The van der Waals surface area contributed by atoms with Crippen LogP contribution in [0.5, 0.6) is 0 Å². The van der Waals surface area contributed by atoms with E-state index in [9.17, 15) is 4.79 Å². The average Bonchev–Trinajstić information content (AvgIpc) is 3.45. The molecule has 0 saturated carbocycles. The van der Waals surface area contributed by atoms with Crippen LogP contribution in [0.1, 0.15) is 62.6 Å². The highest BCUT2D eigenvalue weighted by Gasteiger charge is 2.20. The summed E-state index contributed by atoms with van der Waals surface area (Å²) in [6.07, 6.45) is 8.17. The minimum absolute atomic E-state index is 0.0262. The van der Waals surface area contributed by atoms with Crippen LogP contribution in [0.2, 0.25) is 0 Å². The molecule has 0 aliphatic carbocycles. The first-order chi connectivity index (χ1) is 15.6. The van der Waals surface area contributed by atoms with Gasteiger partial charge in [0.05, 0.1) is 36.8 Å². The molecule has 2 aromatic heterocycles. The highest BCUT2D eigenvalue weighted by molar-refractivity contribution is 5.88. The SMILES string of the molecule is CCCn1ccc(C2CCCCC(N)c3ncc([nH]3)-c3ccc(NC(=O)OC)cc3N2)n1.